The van der Waals surface area contributed by atoms with E-state index in [4.69, 9.17) is 9.84 Å². The molecule has 0 bridgehead atoms. The molecule has 2 atom stereocenters. The summed E-state index contributed by atoms with van der Waals surface area (Å²) >= 11 is 0. The van der Waals surface area contributed by atoms with Gasteiger partial charge >= 0.3 is 12.0 Å². The van der Waals surface area contributed by atoms with Crippen molar-refractivity contribution >= 4 is 12.0 Å². The van der Waals surface area contributed by atoms with Crippen LogP contribution in [0.1, 0.15) is 37.3 Å². The second kappa shape index (κ2) is 7.07. The van der Waals surface area contributed by atoms with Gasteiger partial charge in [-0.25, -0.2) is 9.18 Å². The Morgan fingerprint density at radius 3 is 2.92 bits per heavy atom. The summed E-state index contributed by atoms with van der Waals surface area (Å²) in [6, 6.07) is 3.79. The molecule has 0 spiro atoms. The molecule has 24 heavy (non-hydrogen) atoms. The summed E-state index contributed by atoms with van der Waals surface area (Å²) in [6.07, 6.45) is 2.72. The van der Waals surface area contributed by atoms with Crippen LogP contribution in [0, 0.1) is 11.7 Å². The Labute approximate surface area is 139 Å². The molecule has 0 radical (unpaired) electrons. The molecule has 7 heteroatoms. The zero-order valence-electron chi connectivity index (χ0n) is 13.3. The highest BCUT2D eigenvalue weighted by Gasteiger charge is 2.30. The largest absolute Gasteiger partial charge is 0.493 e. The first-order chi connectivity index (χ1) is 11.5. The van der Waals surface area contributed by atoms with E-state index in [9.17, 15) is 14.0 Å². The van der Waals surface area contributed by atoms with E-state index in [0.29, 0.717) is 38.2 Å². The summed E-state index contributed by atoms with van der Waals surface area (Å²) in [6.45, 7) is 1.25. The minimum absolute atomic E-state index is 0.223. The number of amides is 2. The average Bonchev–Trinajstić information content (AvgIpc) is 2.76. The van der Waals surface area contributed by atoms with Crippen molar-refractivity contribution in [1.82, 2.24) is 10.2 Å². The number of hydrogen-bond donors (Lipinski definition) is 2. The van der Waals surface area contributed by atoms with Crippen molar-refractivity contribution in [2.45, 2.75) is 31.7 Å². The number of aliphatic carboxylic acids is 1. The highest BCUT2D eigenvalue weighted by atomic mass is 19.1. The van der Waals surface area contributed by atoms with Crippen molar-refractivity contribution in [3.63, 3.8) is 0 Å². The Kier molecular flexibility index (Phi) is 4.87. The van der Waals surface area contributed by atoms with Gasteiger partial charge in [0.25, 0.3) is 0 Å². The second-order valence-corrected chi connectivity index (χ2v) is 6.30. The highest BCUT2D eigenvalue weighted by Crippen LogP contribution is 2.32. The van der Waals surface area contributed by atoms with Gasteiger partial charge in [-0.1, -0.05) is 6.07 Å². The van der Waals surface area contributed by atoms with E-state index in [1.165, 1.54) is 12.1 Å². The lowest BCUT2D eigenvalue weighted by atomic mass is 9.98. The molecule has 2 aliphatic heterocycles. The van der Waals surface area contributed by atoms with Gasteiger partial charge < -0.3 is 20.1 Å². The average molecular weight is 336 g/mol. The molecule has 1 aromatic carbocycles. The summed E-state index contributed by atoms with van der Waals surface area (Å²) in [5.41, 5.74) is 0.758. The van der Waals surface area contributed by atoms with E-state index in [1.54, 1.807) is 11.0 Å². The zero-order chi connectivity index (χ0) is 17.1. The van der Waals surface area contributed by atoms with Crippen molar-refractivity contribution < 1.29 is 23.8 Å². The Morgan fingerprint density at radius 2 is 2.12 bits per heavy atom. The molecule has 0 aromatic heterocycles. The van der Waals surface area contributed by atoms with Gasteiger partial charge in [-0.2, -0.15) is 0 Å². The second-order valence-electron chi connectivity index (χ2n) is 6.30. The van der Waals surface area contributed by atoms with Gasteiger partial charge in [-0.05, 0) is 31.7 Å². The molecular formula is C17H21FN2O4. The lowest BCUT2D eigenvalue weighted by Gasteiger charge is -2.32. The van der Waals surface area contributed by atoms with Crippen LogP contribution in [0.15, 0.2) is 18.2 Å². The third kappa shape index (κ3) is 3.60. The van der Waals surface area contributed by atoms with Crippen LogP contribution in [-0.2, 0) is 4.79 Å². The number of fused-ring (bicyclic) bond motifs is 1. The molecule has 1 fully saturated rings. The van der Waals surface area contributed by atoms with Crippen molar-refractivity contribution in [2.24, 2.45) is 5.92 Å². The number of rotatable bonds is 2. The van der Waals surface area contributed by atoms with E-state index in [0.717, 1.165) is 12.0 Å². The summed E-state index contributed by atoms with van der Waals surface area (Å²) in [7, 11) is 0. The van der Waals surface area contributed by atoms with Crippen LogP contribution < -0.4 is 10.1 Å². The van der Waals surface area contributed by atoms with Gasteiger partial charge in [-0.15, -0.1) is 0 Å². The normalized spacial score (nSPS) is 23.6. The lowest BCUT2D eigenvalue weighted by Crippen LogP contribution is -2.47. The quantitative estimate of drug-likeness (QED) is 0.870. The molecule has 0 saturated carbocycles. The number of carboxylic acid groups (broad SMARTS) is 1. The Bertz CT molecular complexity index is 637. The van der Waals surface area contributed by atoms with Gasteiger partial charge in [0, 0.05) is 24.7 Å². The fraction of sp³-hybridized carbons (Fsp3) is 0.529. The van der Waals surface area contributed by atoms with Crippen molar-refractivity contribution in [3.05, 3.63) is 29.6 Å². The molecule has 2 aliphatic rings. The van der Waals surface area contributed by atoms with Crippen LogP contribution >= 0.6 is 0 Å². The number of ether oxygens (including phenoxy) is 1. The standard InChI is InChI=1S/C17H21FN2O4/c18-12-5-6-13-14(4-2-8-24-15(13)9-12)19-17(23)20-7-1-3-11(10-20)16(21)22/h5-6,9,11,14H,1-4,7-8,10H2,(H,19,23)(H,21,22). The fourth-order valence-corrected chi connectivity index (χ4v) is 3.30. The van der Waals surface area contributed by atoms with Gasteiger partial charge in [0.1, 0.15) is 11.6 Å². The smallest absolute Gasteiger partial charge is 0.317 e. The molecule has 1 saturated heterocycles. The van der Waals surface area contributed by atoms with Crippen LogP contribution in [0.3, 0.4) is 0 Å². The molecule has 130 valence electrons. The summed E-state index contributed by atoms with van der Waals surface area (Å²) in [5, 5.41) is 12.1. The van der Waals surface area contributed by atoms with E-state index in [1.807, 2.05) is 0 Å². The SMILES string of the molecule is O=C(O)C1CCCN(C(=O)NC2CCCOc3cc(F)ccc32)C1. The summed E-state index contributed by atoms with van der Waals surface area (Å²) < 4.78 is 18.9. The predicted octanol–water partition coefficient (Wildman–Crippen LogP) is 2.55. The minimum atomic E-state index is -0.865. The van der Waals surface area contributed by atoms with Gasteiger partial charge in [0.15, 0.2) is 0 Å². The number of urea groups is 1. The fourth-order valence-electron chi connectivity index (χ4n) is 3.30. The van der Waals surface area contributed by atoms with E-state index in [-0.39, 0.29) is 24.4 Å². The summed E-state index contributed by atoms with van der Waals surface area (Å²) in [4.78, 5) is 25.2. The third-order valence-corrected chi connectivity index (χ3v) is 4.60. The van der Waals surface area contributed by atoms with Crippen LogP contribution in [-0.4, -0.2) is 41.7 Å². The number of carbonyl (C=O) groups excluding carboxylic acids is 1. The molecule has 0 aliphatic carbocycles. The zero-order valence-corrected chi connectivity index (χ0v) is 13.3. The third-order valence-electron chi connectivity index (χ3n) is 4.60. The molecule has 2 N–H and O–H groups in total. The number of carboxylic acids is 1. The Balaban J connectivity index is 1.71. The van der Waals surface area contributed by atoms with Crippen LogP contribution in [0.2, 0.25) is 0 Å². The Morgan fingerprint density at radius 1 is 1.29 bits per heavy atom. The van der Waals surface area contributed by atoms with E-state index in [2.05, 4.69) is 5.32 Å². The minimum Gasteiger partial charge on any atom is -0.493 e. The van der Waals surface area contributed by atoms with Gasteiger partial charge in [0.05, 0.1) is 18.6 Å². The molecule has 6 nitrogen and oxygen atoms in total. The molecular weight excluding hydrogens is 315 g/mol. The maximum absolute atomic E-state index is 13.4. The maximum Gasteiger partial charge on any atom is 0.317 e. The number of nitrogens with one attached hydrogen (secondary N) is 1. The van der Waals surface area contributed by atoms with Crippen molar-refractivity contribution in [2.75, 3.05) is 19.7 Å². The molecule has 2 unspecified atom stereocenters. The highest BCUT2D eigenvalue weighted by molar-refractivity contribution is 5.77. The van der Waals surface area contributed by atoms with E-state index < -0.39 is 11.9 Å². The number of hydrogen-bond acceptors (Lipinski definition) is 3. The first kappa shape index (κ1) is 16.5. The van der Waals surface area contributed by atoms with Crippen LogP contribution in [0.5, 0.6) is 5.75 Å². The molecule has 1 aromatic rings. The van der Waals surface area contributed by atoms with Crippen LogP contribution in [0.4, 0.5) is 9.18 Å². The van der Waals surface area contributed by atoms with E-state index >= 15 is 0 Å². The molecule has 2 heterocycles. The number of likely N-dealkylation sites (tertiary alicyclic amines) is 1. The number of halogens is 1. The molecule has 2 amide bonds. The summed E-state index contributed by atoms with van der Waals surface area (Å²) in [5.74, 6) is -1.29. The van der Waals surface area contributed by atoms with Gasteiger partial charge in [-0.3, -0.25) is 4.79 Å². The monoisotopic (exact) mass is 336 g/mol. The number of carbonyl (C=O) groups is 2. The van der Waals surface area contributed by atoms with Crippen molar-refractivity contribution in [1.29, 1.82) is 0 Å². The predicted molar refractivity (Wildman–Crippen MR) is 84.3 cm³/mol. The number of benzene rings is 1. The first-order valence-corrected chi connectivity index (χ1v) is 8.25. The molecule has 3 rings (SSSR count). The lowest BCUT2D eigenvalue weighted by molar-refractivity contribution is -0.143. The van der Waals surface area contributed by atoms with Crippen molar-refractivity contribution in [3.8, 4) is 5.75 Å². The van der Waals surface area contributed by atoms with Crippen LogP contribution in [0.25, 0.3) is 0 Å². The first-order valence-electron chi connectivity index (χ1n) is 8.25. The Hall–Kier alpha value is -2.31. The number of nitrogens with zero attached hydrogens (tertiary/aromatic N) is 1. The maximum atomic E-state index is 13.4. The number of piperidine rings is 1. The van der Waals surface area contributed by atoms with Gasteiger partial charge in [0.2, 0.25) is 0 Å². The topological polar surface area (TPSA) is 78.9 Å².